The Morgan fingerprint density at radius 1 is 1.04 bits per heavy atom. The summed E-state index contributed by atoms with van der Waals surface area (Å²) in [6, 6.07) is 16.3. The van der Waals surface area contributed by atoms with E-state index in [1.165, 1.54) is 0 Å². The number of nitrogens with zero attached hydrogens (tertiary/aromatic N) is 1. The lowest BCUT2D eigenvalue weighted by Gasteiger charge is -2.05. The summed E-state index contributed by atoms with van der Waals surface area (Å²) in [5, 5.41) is 9.17. The molecule has 0 spiro atoms. The lowest BCUT2D eigenvalue weighted by atomic mass is 10.1. The zero-order valence-corrected chi connectivity index (χ0v) is 16.7. The number of hydrogen-bond acceptors (Lipinski definition) is 4. The quantitative estimate of drug-likeness (QED) is 0.545. The molecule has 8 heteroatoms. The molecular formula is C20H19ClN4O2S. The average molecular weight is 415 g/mol. The van der Waals surface area contributed by atoms with Crippen molar-refractivity contribution in [3.05, 3.63) is 75.8 Å². The molecule has 0 aliphatic carbocycles. The van der Waals surface area contributed by atoms with E-state index in [0.29, 0.717) is 33.0 Å². The monoisotopic (exact) mass is 414 g/mol. The van der Waals surface area contributed by atoms with Gasteiger partial charge < -0.3 is 10.6 Å². The number of aryl methyl sites for hydroxylation is 1. The number of carbonyl (C=O) groups is 2. The van der Waals surface area contributed by atoms with Crippen molar-refractivity contribution in [2.24, 2.45) is 0 Å². The van der Waals surface area contributed by atoms with Crippen LogP contribution in [0.4, 0.5) is 15.6 Å². The summed E-state index contributed by atoms with van der Waals surface area (Å²) in [5.41, 5.74) is 2.34. The minimum atomic E-state index is -0.438. The smallest absolute Gasteiger partial charge is 0.325 e. The van der Waals surface area contributed by atoms with Crippen molar-refractivity contribution in [1.29, 1.82) is 0 Å². The zero-order chi connectivity index (χ0) is 19.9. The van der Waals surface area contributed by atoms with Crippen molar-refractivity contribution < 1.29 is 9.59 Å². The minimum absolute atomic E-state index is 0.197. The van der Waals surface area contributed by atoms with Crippen LogP contribution in [0.5, 0.6) is 0 Å². The summed E-state index contributed by atoms with van der Waals surface area (Å²) >= 11 is 6.96. The number of carbonyl (C=O) groups excluding carboxylic acids is 2. The molecule has 0 saturated carbocycles. The Morgan fingerprint density at radius 2 is 1.75 bits per heavy atom. The molecule has 0 unspecified atom stereocenters. The largest absolute Gasteiger partial charge is 0.351 e. The van der Waals surface area contributed by atoms with Gasteiger partial charge in [0.05, 0.1) is 5.69 Å². The van der Waals surface area contributed by atoms with E-state index in [2.05, 4.69) is 20.9 Å². The van der Waals surface area contributed by atoms with Gasteiger partial charge in [0.25, 0.3) is 5.91 Å². The molecule has 2 aromatic carbocycles. The molecule has 3 N–H and O–H groups in total. The molecule has 0 saturated heterocycles. The van der Waals surface area contributed by atoms with E-state index in [4.69, 9.17) is 11.6 Å². The van der Waals surface area contributed by atoms with Gasteiger partial charge in [0.1, 0.15) is 4.88 Å². The van der Waals surface area contributed by atoms with E-state index in [1.54, 1.807) is 31.2 Å². The Kier molecular flexibility index (Phi) is 6.62. The van der Waals surface area contributed by atoms with Gasteiger partial charge in [-0.25, -0.2) is 9.78 Å². The first-order valence-corrected chi connectivity index (χ1v) is 9.84. The maximum Gasteiger partial charge on any atom is 0.325 e. The number of benzene rings is 2. The number of thiazole rings is 1. The van der Waals surface area contributed by atoms with Gasteiger partial charge >= 0.3 is 6.03 Å². The van der Waals surface area contributed by atoms with Crippen molar-refractivity contribution in [1.82, 2.24) is 10.3 Å². The molecule has 6 nitrogen and oxygen atoms in total. The molecule has 0 atom stereocenters. The van der Waals surface area contributed by atoms with Crippen molar-refractivity contribution >= 4 is 45.7 Å². The Bertz CT molecular complexity index is 958. The normalized spacial score (nSPS) is 10.4. The molecule has 0 aliphatic heterocycles. The number of rotatable bonds is 6. The predicted octanol–water partition coefficient (Wildman–Crippen LogP) is 4.72. The van der Waals surface area contributed by atoms with Gasteiger partial charge in [-0.2, -0.15) is 0 Å². The molecule has 3 rings (SSSR count). The third-order valence-corrected chi connectivity index (χ3v) is 5.19. The van der Waals surface area contributed by atoms with Gasteiger partial charge in [0, 0.05) is 17.3 Å². The van der Waals surface area contributed by atoms with Gasteiger partial charge in [-0.3, -0.25) is 10.1 Å². The van der Waals surface area contributed by atoms with Crippen molar-refractivity contribution in [2.45, 2.75) is 13.3 Å². The number of urea groups is 1. The van der Waals surface area contributed by atoms with Crippen LogP contribution in [0.15, 0.2) is 54.6 Å². The summed E-state index contributed by atoms with van der Waals surface area (Å²) in [6.45, 7) is 2.27. The lowest BCUT2D eigenvalue weighted by Crippen LogP contribution is -2.25. The van der Waals surface area contributed by atoms with Gasteiger partial charge in [-0.15, -0.1) is 0 Å². The maximum absolute atomic E-state index is 12.4. The van der Waals surface area contributed by atoms with Crippen LogP contribution >= 0.6 is 22.9 Å². The van der Waals surface area contributed by atoms with Crippen molar-refractivity contribution in [3.63, 3.8) is 0 Å². The first-order chi connectivity index (χ1) is 13.5. The standard InChI is InChI=1S/C20H19ClN4O2S/c1-13-17(18(26)22-12-11-14-5-3-2-4-6-14)28-20(23-13)25-19(27)24-16-9-7-15(21)8-10-16/h2-10H,11-12H2,1H3,(H,22,26)(H2,23,24,25,27). The molecule has 144 valence electrons. The van der Waals surface area contributed by atoms with E-state index in [9.17, 15) is 9.59 Å². The third kappa shape index (κ3) is 5.55. The summed E-state index contributed by atoms with van der Waals surface area (Å²) in [5.74, 6) is -0.197. The van der Waals surface area contributed by atoms with E-state index in [-0.39, 0.29) is 5.91 Å². The van der Waals surface area contributed by atoms with Crippen LogP contribution < -0.4 is 16.0 Å². The Morgan fingerprint density at radius 3 is 2.46 bits per heavy atom. The number of nitrogens with one attached hydrogen (secondary N) is 3. The molecule has 3 aromatic rings. The molecule has 0 aliphatic rings. The topological polar surface area (TPSA) is 83.1 Å². The van der Waals surface area contributed by atoms with E-state index >= 15 is 0 Å². The second-order valence-electron chi connectivity index (χ2n) is 6.01. The molecule has 0 fully saturated rings. The first kappa shape index (κ1) is 19.9. The molecule has 0 bridgehead atoms. The molecular weight excluding hydrogens is 396 g/mol. The van der Waals surface area contributed by atoms with E-state index in [0.717, 1.165) is 23.3 Å². The summed E-state index contributed by atoms with van der Waals surface area (Å²) in [7, 11) is 0. The molecule has 28 heavy (non-hydrogen) atoms. The number of halogens is 1. The van der Waals surface area contributed by atoms with Gasteiger partial charge in [-0.1, -0.05) is 53.3 Å². The first-order valence-electron chi connectivity index (χ1n) is 8.64. The van der Waals surface area contributed by atoms with Crippen LogP contribution in [0.3, 0.4) is 0 Å². The van der Waals surface area contributed by atoms with Crippen molar-refractivity contribution in [2.75, 3.05) is 17.2 Å². The molecule has 1 aromatic heterocycles. The number of aromatic nitrogens is 1. The Hall–Kier alpha value is -2.90. The van der Waals surface area contributed by atoms with Crippen LogP contribution in [0.1, 0.15) is 20.9 Å². The van der Waals surface area contributed by atoms with Crippen LogP contribution in [0.2, 0.25) is 5.02 Å². The Balaban J connectivity index is 1.53. The fourth-order valence-electron chi connectivity index (χ4n) is 2.50. The van der Waals surface area contributed by atoms with Gasteiger partial charge in [0.2, 0.25) is 0 Å². The van der Waals surface area contributed by atoms with Gasteiger partial charge in [0.15, 0.2) is 5.13 Å². The number of hydrogen-bond donors (Lipinski definition) is 3. The predicted molar refractivity (Wildman–Crippen MR) is 113 cm³/mol. The third-order valence-electron chi connectivity index (χ3n) is 3.87. The van der Waals surface area contributed by atoms with Crippen LogP contribution in [-0.4, -0.2) is 23.5 Å². The lowest BCUT2D eigenvalue weighted by molar-refractivity contribution is 0.0957. The fourth-order valence-corrected chi connectivity index (χ4v) is 3.50. The maximum atomic E-state index is 12.4. The second-order valence-corrected chi connectivity index (χ2v) is 7.45. The summed E-state index contributed by atoms with van der Waals surface area (Å²) in [4.78, 5) is 29.2. The van der Waals surface area contributed by atoms with Gasteiger partial charge in [-0.05, 0) is 43.2 Å². The zero-order valence-electron chi connectivity index (χ0n) is 15.2. The molecule has 0 radical (unpaired) electrons. The van der Waals surface area contributed by atoms with E-state index in [1.807, 2.05) is 30.3 Å². The highest BCUT2D eigenvalue weighted by Crippen LogP contribution is 2.23. The summed E-state index contributed by atoms with van der Waals surface area (Å²) < 4.78 is 0. The SMILES string of the molecule is Cc1nc(NC(=O)Nc2ccc(Cl)cc2)sc1C(=O)NCCc1ccccc1. The van der Waals surface area contributed by atoms with E-state index < -0.39 is 6.03 Å². The second kappa shape index (κ2) is 9.34. The highest BCUT2D eigenvalue weighted by molar-refractivity contribution is 7.17. The highest BCUT2D eigenvalue weighted by atomic mass is 35.5. The highest BCUT2D eigenvalue weighted by Gasteiger charge is 2.16. The molecule has 3 amide bonds. The van der Waals surface area contributed by atoms with Crippen LogP contribution in [-0.2, 0) is 6.42 Å². The average Bonchev–Trinajstić information content (AvgIpc) is 3.04. The van der Waals surface area contributed by atoms with Crippen molar-refractivity contribution in [3.8, 4) is 0 Å². The number of anilines is 2. The molecule has 1 heterocycles. The van der Waals surface area contributed by atoms with Crippen LogP contribution in [0, 0.1) is 6.92 Å². The minimum Gasteiger partial charge on any atom is -0.351 e. The fraction of sp³-hybridized carbons (Fsp3) is 0.150. The summed E-state index contributed by atoms with van der Waals surface area (Å²) in [6.07, 6.45) is 0.749. The Labute approximate surface area is 172 Å². The van der Waals surface area contributed by atoms with Crippen LogP contribution in [0.25, 0.3) is 0 Å². The number of amides is 3.